The summed E-state index contributed by atoms with van der Waals surface area (Å²) in [4.78, 5) is 2.46. The Balaban J connectivity index is 2.22. The fourth-order valence-electron chi connectivity index (χ4n) is 1.86. The van der Waals surface area contributed by atoms with E-state index in [1.807, 2.05) is 12.1 Å². The van der Waals surface area contributed by atoms with Crippen molar-refractivity contribution in [2.24, 2.45) is 0 Å². The van der Waals surface area contributed by atoms with Crippen molar-refractivity contribution in [3.8, 4) is 5.75 Å². The van der Waals surface area contributed by atoms with E-state index < -0.39 is 0 Å². The zero-order chi connectivity index (χ0) is 13.0. The fraction of sp³-hybridized carbons (Fsp3) is 0.250. The second-order valence-corrected chi connectivity index (χ2v) is 5.36. The fourth-order valence-corrected chi connectivity index (χ4v) is 2.86. The number of aryl methyl sites for hydroxylation is 2. The van der Waals surface area contributed by atoms with E-state index in [1.165, 1.54) is 20.9 Å². The van der Waals surface area contributed by atoms with Crippen LogP contribution in [0.5, 0.6) is 5.75 Å². The number of hydrogen-bond acceptors (Lipinski definition) is 2. The summed E-state index contributed by atoms with van der Waals surface area (Å²) in [5.41, 5.74) is 2.56. The van der Waals surface area contributed by atoms with Crippen molar-refractivity contribution in [1.82, 2.24) is 0 Å². The molecule has 0 aliphatic heterocycles. The molecule has 0 saturated heterocycles. The van der Waals surface area contributed by atoms with Crippen molar-refractivity contribution in [3.63, 3.8) is 0 Å². The normalized spacial score (nSPS) is 10.6. The highest BCUT2D eigenvalue weighted by Gasteiger charge is 2.04. The molecule has 0 saturated carbocycles. The van der Waals surface area contributed by atoms with Gasteiger partial charge in [-0.15, -0.1) is 0 Å². The lowest BCUT2D eigenvalue weighted by Gasteiger charge is -2.08. The van der Waals surface area contributed by atoms with E-state index in [0.717, 1.165) is 12.8 Å². The van der Waals surface area contributed by atoms with Gasteiger partial charge in [-0.05, 0) is 54.3 Å². The van der Waals surface area contributed by atoms with Crippen molar-refractivity contribution < 1.29 is 5.11 Å². The third kappa shape index (κ3) is 3.08. The van der Waals surface area contributed by atoms with Gasteiger partial charge in [0.25, 0.3) is 0 Å². The molecule has 18 heavy (non-hydrogen) atoms. The molecule has 0 aliphatic carbocycles. The van der Waals surface area contributed by atoms with Gasteiger partial charge in [-0.25, -0.2) is 0 Å². The van der Waals surface area contributed by atoms with E-state index in [1.54, 1.807) is 17.8 Å². The molecule has 1 N–H and O–H groups in total. The predicted octanol–water partition coefficient (Wildman–Crippen LogP) is 4.67. The van der Waals surface area contributed by atoms with E-state index in [4.69, 9.17) is 0 Å². The van der Waals surface area contributed by atoms with Gasteiger partial charge in [0.1, 0.15) is 5.75 Å². The summed E-state index contributed by atoms with van der Waals surface area (Å²) in [7, 11) is 0. The average Bonchev–Trinajstić information content (AvgIpc) is 2.41. The largest absolute Gasteiger partial charge is 0.508 e. The quantitative estimate of drug-likeness (QED) is 0.860. The van der Waals surface area contributed by atoms with Gasteiger partial charge in [0, 0.05) is 9.79 Å². The maximum absolute atomic E-state index is 9.49. The molecule has 0 amide bonds. The van der Waals surface area contributed by atoms with Crippen LogP contribution in [0.15, 0.2) is 52.3 Å². The lowest BCUT2D eigenvalue weighted by molar-refractivity contribution is 0.474. The predicted molar refractivity (Wildman–Crippen MR) is 77.4 cm³/mol. The number of rotatable bonds is 4. The minimum absolute atomic E-state index is 0.345. The van der Waals surface area contributed by atoms with Gasteiger partial charge >= 0.3 is 0 Å². The number of phenols is 1. The van der Waals surface area contributed by atoms with E-state index in [2.05, 4.69) is 38.1 Å². The SMILES string of the molecule is CCc1ccc(Sc2ccc(O)cc2CC)cc1. The molecule has 1 nitrogen and oxygen atoms in total. The molecule has 0 heterocycles. The highest BCUT2D eigenvalue weighted by atomic mass is 32.2. The van der Waals surface area contributed by atoms with E-state index in [9.17, 15) is 5.11 Å². The molecule has 2 aromatic carbocycles. The Labute approximate surface area is 113 Å². The van der Waals surface area contributed by atoms with Crippen LogP contribution in [0.3, 0.4) is 0 Å². The first-order chi connectivity index (χ1) is 8.72. The first kappa shape index (κ1) is 13.0. The minimum atomic E-state index is 0.345. The van der Waals surface area contributed by atoms with Crippen molar-refractivity contribution in [1.29, 1.82) is 0 Å². The molecule has 2 aromatic rings. The zero-order valence-electron chi connectivity index (χ0n) is 10.8. The van der Waals surface area contributed by atoms with Gasteiger partial charge in [0.05, 0.1) is 0 Å². The summed E-state index contributed by atoms with van der Waals surface area (Å²) in [5, 5.41) is 9.49. The van der Waals surface area contributed by atoms with Gasteiger partial charge < -0.3 is 5.11 Å². The topological polar surface area (TPSA) is 20.2 Å². The molecule has 0 aromatic heterocycles. The van der Waals surface area contributed by atoms with Gasteiger partial charge in [0.15, 0.2) is 0 Å². The Bertz CT molecular complexity index is 517. The molecule has 0 fully saturated rings. The van der Waals surface area contributed by atoms with Gasteiger partial charge in [-0.3, -0.25) is 0 Å². The summed E-state index contributed by atoms with van der Waals surface area (Å²) in [6, 6.07) is 14.3. The molecule has 0 aliphatic rings. The molecule has 0 radical (unpaired) electrons. The summed E-state index contributed by atoms with van der Waals surface area (Å²) < 4.78 is 0. The van der Waals surface area contributed by atoms with Gasteiger partial charge in [-0.1, -0.05) is 37.7 Å². The molecule has 94 valence electrons. The molecule has 0 spiro atoms. The Morgan fingerprint density at radius 2 is 1.67 bits per heavy atom. The third-order valence-corrected chi connectivity index (χ3v) is 4.11. The van der Waals surface area contributed by atoms with Crippen LogP contribution in [0.25, 0.3) is 0 Å². The van der Waals surface area contributed by atoms with Crippen LogP contribution in [0.1, 0.15) is 25.0 Å². The number of hydrogen-bond donors (Lipinski definition) is 1. The highest BCUT2D eigenvalue weighted by molar-refractivity contribution is 7.99. The van der Waals surface area contributed by atoms with E-state index in [-0.39, 0.29) is 0 Å². The number of benzene rings is 2. The zero-order valence-corrected chi connectivity index (χ0v) is 11.6. The van der Waals surface area contributed by atoms with Crippen molar-refractivity contribution >= 4 is 11.8 Å². The summed E-state index contributed by atoms with van der Waals surface area (Å²) in [5.74, 6) is 0.345. The Hall–Kier alpha value is -1.41. The van der Waals surface area contributed by atoms with Crippen LogP contribution in [0.4, 0.5) is 0 Å². The Morgan fingerprint density at radius 1 is 0.944 bits per heavy atom. The molecule has 2 heteroatoms. The molecular weight excluding hydrogens is 240 g/mol. The monoisotopic (exact) mass is 258 g/mol. The second-order valence-electron chi connectivity index (χ2n) is 4.25. The summed E-state index contributed by atoms with van der Waals surface area (Å²) in [6.45, 7) is 4.27. The maximum atomic E-state index is 9.49. The first-order valence-corrected chi connectivity index (χ1v) is 7.13. The van der Waals surface area contributed by atoms with Gasteiger partial charge in [0.2, 0.25) is 0 Å². The van der Waals surface area contributed by atoms with Crippen molar-refractivity contribution in [2.45, 2.75) is 36.5 Å². The summed E-state index contributed by atoms with van der Waals surface area (Å²) >= 11 is 1.76. The second kappa shape index (κ2) is 5.96. The Morgan fingerprint density at radius 3 is 2.28 bits per heavy atom. The molecule has 2 rings (SSSR count). The lowest BCUT2D eigenvalue weighted by atomic mass is 10.2. The minimum Gasteiger partial charge on any atom is -0.508 e. The van der Waals surface area contributed by atoms with Crippen LogP contribution < -0.4 is 0 Å². The van der Waals surface area contributed by atoms with Crippen LogP contribution >= 0.6 is 11.8 Å². The number of aromatic hydroxyl groups is 1. The van der Waals surface area contributed by atoms with E-state index in [0.29, 0.717) is 5.75 Å². The molecule has 0 bridgehead atoms. The van der Waals surface area contributed by atoms with Crippen molar-refractivity contribution in [2.75, 3.05) is 0 Å². The standard InChI is InChI=1S/C16H18OS/c1-3-12-5-8-15(9-6-12)18-16-10-7-14(17)11-13(16)4-2/h5-11,17H,3-4H2,1-2H3. The first-order valence-electron chi connectivity index (χ1n) is 6.31. The van der Waals surface area contributed by atoms with E-state index >= 15 is 0 Å². The maximum Gasteiger partial charge on any atom is 0.115 e. The van der Waals surface area contributed by atoms with Crippen LogP contribution in [0.2, 0.25) is 0 Å². The molecular formula is C16H18OS. The highest BCUT2D eigenvalue weighted by Crippen LogP contribution is 2.32. The van der Waals surface area contributed by atoms with Crippen molar-refractivity contribution in [3.05, 3.63) is 53.6 Å². The summed E-state index contributed by atoms with van der Waals surface area (Å²) in [6.07, 6.45) is 2.01. The lowest BCUT2D eigenvalue weighted by Crippen LogP contribution is -1.85. The smallest absolute Gasteiger partial charge is 0.115 e. The van der Waals surface area contributed by atoms with Crippen LogP contribution in [0, 0.1) is 0 Å². The molecule has 0 atom stereocenters. The third-order valence-electron chi connectivity index (χ3n) is 2.98. The van der Waals surface area contributed by atoms with Crippen LogP contribution in [-0.4, -0.2) is 5.11 Å². The average molecular weight is 258 g/mol. The Kier molecular flexibility index (Phi) is 4.32. The molecule has 0 unspecified atom stereocenters. The number of phenolic OH excluding ortho intramolecular Hbond substituents is 1. The van der Waals surface area contributed by atoms with Crippen LogP contribution in [-0.2, 0) is 12.8 Å². The van der Waals surface area contributed by atoms with Gasteiger partial charge in [-0.2, -0.15) is 0 Å².